The number of carbonyl (C=O) groups is 2. The topological polar surface area (TPSA) is 94.1 Å². The first kappa shape index (κ1) is 28.9. The van der Waals surface area contributed by atoms with E-state index in [1.54, 1.807) is 0 Å². The maximum atomic E-state index is 15.0. The van der Waals surface area contributed by atoms with Crippen LogP contribution in [-0.4, -0.2) is 35.9 Å². The minimum absolute atomic E-state index is 0.0316. The molecule has 0 saturated heterocycles. The number of rotatable bonds is 10. The van der Waals surface area contributed by atoms with Gasteiger partial charge < -0.3 is 19.3 Å². The Kier molecular flexibility index (Phi) is 9.08. The van der Waals surface area contributed by atoms with E-state index in [-0.39, 0.29) is 42.5 Å². The van der Waals surface area contributed by atoms with Gasteiger partial charge in [-0.1, -0.05) is 61.7 Å². The summed E-state index contributed by atoms with van der Waals surface area (Å²) in [6, 6.07) is 16.6. The average molecular weight is 564 g/mol. The highest BCUT2D eigenvalue weighted by Crippen LogP contribution is 2.40. The molecule has 2 N–H and O–H groups in total. The first-order valence-corrected chi connectivity index (χ1v) is 14.6. The second kappa shape index (κ2) is 12.9. The molecule has 2 aliphatic carbocycles. The number of esters is 1. The number of nitrogens with one attached hydrogen (secondary N) is 1. The second-order valence-electron chi connectivity index (χ2n) is 11.5. The van der Waals surface area contributed by atoms with Crippen LogP contribution in [0, 0.1) is 11.2 Å². The van der Waals surface area contributed by atoms with Crippen molar-refractivity contribution in [3.63, 3.8) is 0 Å². The molecule has 41 heavy (non-hydrogen) atoms. The van der Waals surface area contributed by atoms with Crippen LogP contribution in [0.5, 0.6) is 11.5 Å². The largest absolute Gasteiger partial charge is 0.487 e. The van der Waals surface area contributed by atoms with E-state index in [0.29, 0.717) is 31.7 Å². The molecule has 0 radical (unpaired) electrons. The molecular weight excluding hydrogens is 525 g/mol. The van der Waals surface area contributed by atoms with E-state index in [4.69, 9.17) is 14.2 Å². The lowest BCUT2D eigenvalue weighted by Crippen LogP contribution is -2.37. The molecule has 0 unspecified atom stereocenters. The summed E-state index contributed by atoms with van der Waals surface area (Å²) in [4.78, 5) is 25.0. The van der Waals surface area contributed by atoms with Crippen LogP contribution in [0.25, 0.3) is 10.8 Å². The summed E-state index contributed by atoms with van der Waals surface area (Å²) >= 11 is 0. The van der Waals surface area contributed by atoms with E-state index in [9.17, 15) is 19.1 Å². The highest BCUT2D eigenvalue weighted by molar-refractivity contribution is 5.91. The fourth-order valence-corrected chi connectivity index (χ4v) is 5.92. The molecule has 7 nitrogen and oxygen atoms in total. The minimum atomic E-state index is -1.22. The highest BCUT2D eigenvalue weighted by atomic mass is 19.1. The van der Waals surface area contributed by atoms with Crippen LogP contribution in [0.1, 0.15) is 80.6 Å². The summed E-state index contributed by atoms with van der Waals surface area (Å²) in [5, 5.41) is 15.2. The number of aromatic carboxylic acids is 1. The van der Waals surface area contributed by atoms with E-state index in [1.807, 2.05) is 49.4 Å². The molecule has 0 aliphatic heterocycles. The Balaban J connectivity index is 1.15. The zero-order chi connectivity index (χ0) is 28.8. The van der Waals surface area contributed by atoms with Crippen molar-refractivity contribution in [1.29, 1.82) is 0 Å². The Morgan fingerprint density at radius 3 is 2.46 bits per heavy atom. The molecule has 0 aromatic heterocycles. The number of fused-ring (bicyclic) bond motifs is 1. The van der Waals surface area contributed by atoms with Crippen LogP contribution in [0.2, 0.25) is 0 Å². The normalized spacial score (nSPS) is 21.4. The van der Waals surface area contributed by atoms with Gasteiger partial charge in [-0.2, -0.15) is 0 Å². The van der Waals surface area contributed by atoms with Crippen molar-refractivity contribution in [1.82, 2.24) is 5.32 Å². The minimum Gasteiger partial charge on any atom is -0.487 e. The van der Waals surface area contributed by atoms with Crippen molar-refractivity contribution in [3.8, 4) is 11.5 Å². The first-order valence-electron chi connectivity index (χ1n) is 14.6. The fourth-order valence-electron chi connectivity index (χ4n) is 5.92. The fraction of sp³-hybridized carbons (Fsp3) is 0.455. The monoisotopic (exact) mass is 563 g/mol. The van der Waals surface area contributed by atoms with E-state index in [2.05, 4.69) is 5.32 Å². The van der Waals surface area contributed by atoms with Crippen molar-refractivity contribution in [3.05, 3.63) is 71.5 Å². The third kappa shape index (κ3) is 6.99. The van der Waals surface area contributed by atoms with Gasteiger partial charge in [-0.3, -0.25) is 10.1 Å². The van der Waals surface area contributed by atoms with E-state index in [1.165, 1.54) is 12.5 Å². The van der Waals surface area contributed by atoms with Crippen LogP contribution in [-0.2, 0) is 16.1 Å². The smallest absolute Gasteiger partial charge is 0.339 e. The number of halogens is 1. The summed E-state index contributed by atoms with van der Waals surface area (Å²) in [6.07, 6.45) is 7.39. The predicted molar refractivity (Wildman–Crippen MR) is 154 cm³/mol. The van der Waals surface area contributed by atoms with Gasteiger partial charge in [0.25, 0.3) is 0 Å². The van der Waals surface area contributed by atoms with Gasteiger partial charge in [0.2, 0.25) is 0 Å². The standard InChI is InChI=1S/C33H38FNO6/c1-33(32(38)39-20-23-10-7-9-22-8-5-6-13-26(22)23)16-14-25(15-17-33)41-30-18-27(31(36)37)29(19-28(30)34)40-21-35-24-11-3-2-4-12-24/h5-10,13,18-19,24-25,35H,2-4,11-12,14-17,20-21H2,1H3,(H,36,37). The number of carbonyl (C=O) groups excluding carboxylic acids is 1. The zero-order valence-electron chi connectivity index (χ0n) is 23.5. The zero-order valence-corrected chi connectivity index (χ0v) is 23.5. The molecule has 3 aromatic carbocycles. The lowest BCUT2D eigenvalue weighted by Gasteiger charge is -2.35. The SMILES string of the molecule is CC1(C(=O)OCc2cccc3ccccc23)CCC(Oc2cc(C(=O)O)c(OCNC3CCCCC3)cc2F)CC1. The number of hydrogen-bond donors (Lipinski definition) is 2. The van der Waals surface area contributed by atoms with Crippen molar-refractivity contribution >= 4 is 22.7 Å². The summed E-state index contributed by atoms with van der Waals surface area (Å²) in [5.41, 5.74) is 0.140. The van der Waals surface area contributed by atoms with Gasteiger partial charge in [0, 0.05) is 18.2 Å². The number of carboxylic acid groups (broad SMARTS) is 1. The van der Waals surface area contributed by atoms with E-state index < -0.39 is 17.2 Å². The molecule has 2 saturated carbocycles. The summed E-state index contributed by atoms with van der Waals surface area (Å²) in [7, 11) is 0. The maximum absolute atomic E-state index is 15.0. The Morgan fingerprint density at radius 2 is 1.71 bits per heavy atom. The molecule has 218 valence electrons. The van der Waals surface area contributed by atoms with Gasteiger partial charge in [-0.05, 0) is 61.8 Å². The van der Waals surface area contributed by atoms with Crippen LogP contribution in [0.3, 0.4) is 0 Å². The number of hydrogen-bond acceptors (Lipinski definition) is 6. The van der Waals surface area contributed by atoms with Crippen LogP contribution in [0.15, 0.2) is 54.6 Å². The molecule has 5 rings (SSSR count). The van der Waals surface area contributed by atoms with Crippen LogP contribution in [0.4, 0.5) is 4.39 Å². The number of ether oxygens (including phenoxy) is 3. The predicted octanol–water partition coefficient (Wildman–Crippen LogP) is 7.01. The molecule has 0 atom stereocenters. The van der Waals surface area contributed by atoms with Crippen molar-refractivity contribution < 1.29 is 33.3 Å². The summed E-state index contributed by atoms with van der Waals surface area (Å²) < 4.78 is 32.3. The lowest BCUT2D eigenvalue weighted by atomic mass is 9.74. The molecule has 8 heteroatoms. The molecule has 0 heterocycles. The molecular formula is C33H38FNO6. The number of carboxylic acids is 1. The van der Waals surface area contributed by atoms with Gasteiger partial charge in [0.05, 0.1) is 11.5 Å². The van der Waals surface area contributed by atoms with Crippen molar-refractivity contribution in [2.75, 3.05) is 6.73 Å². The number of benzene rings is 3. The Bertz CT molecular complexity index is 1370. The molecule has 0 bridgehead atoms. The Labute approximate surface area is 240 Å². The first-order chi connectivity index (χ1) is 19.8. The van der Waals surface area contributed by atoms with E-state index >= 15 is 0 Å². The van der Waals surface area contributed by atoms with Crippen molar-refractivity contribution in [2.45, 2.75) is 83.5 Å². The quantitative estimate of drug-likeness (QED) is 0.202. The molecule has 0 amide bonds. The average Bonchev–Trinajstić information content (AvgIpc) is 2.98. The molecule has 3 aromatic rings. The summed E-state index contributed by atoms with van der Waals surface area (Å²) in [6.45, 7) is 2.21. The van der Waals surface area contributed by atoms with Crippen LogP contribution < -0.4 is 14.8 Å². The molecule has 2 fully saturated rings. The lowest BCUT2D eigenvalue weighted by molar-refractivity contribution is -0.159. The van der Waals surface area contributed by atoms with Gasteiger partial charge >= 0.3 is 11.9 Å². The van der Waals surface area contributed by atoms with Gasteiger partial charge in [0.1, 0.15) is 24.7 Å². The van der Waals surface area contributed by atoms with Gasteiger partial charge in [0.15, 0.2) is 11.6 Å². The van der Waals surface area contributed by atoms with Crippen molar-refractivity contribution in [2.24, 2.45) is 5.41 Å². The third-order valence-corrected chi connectivity index (χ3v) is 8.53. The third-order valence-electron chi connectivity index (χ3n) is 8.53. The van der Waals surface area contributed by atoms with E-state index in [0.717, 1.165) is 48.1 Å². The van der Waals surface area contributed by atoms with Crippen LogP contribution >= 0.6 is 0 Å². The second-order valence-corrected chi connectivity index (χ2v) is 11.5. The molecule has 0 spiro atoms. The highest BCUT2D eigenvalue weighted by Gasteiger charge is 2.40. The summed E-state index contributed by atoms with van der Waals surface area (Å²) in [5.74, 6) is -2.30. The molecule has 2 aliphatic rings. The Hall–Kier alpha value is -3.65. The van der Waals surface area contributed by atoms with Gasteiger partial charge in [-0.25, -0.2) is 9.18 Å². The van der Waals surface area contributed by atoms with Gasteiger partial charge in [-0.15, -0.1) is 0 Å². The Morgan fingerprint density at radius 1 is 0.976 bits per heavy atom. The maximum Gasteiger partial charge on any atom is 0.339 e.